The van der Waals surface area contributed by atoms with Gasteiger partial charge < -0.3 is 9.63 Å². The van der Waals surface area contributed by atoms with Crippen LogP contribution in [0.25, 0.3) is 0 Å². The van der Waals surface area contributed by atoms with E-state index < -0.39 is 0 Å². The fourth-order valence-electron chi connectivity index (χ4n) is 2.84. The number of benzene rings is 1. The number of aliphatic hydroxyl groups is 1. The van der Waals surface area contributed by atoms with E-state index in [-0.39, 0.29) is 6.61 Å². The second-order valence-electron chi connectivity index (χ2n) is 5.96. The number of hydrogen-bond donors (Lipinski definition) is 1. The molecule has 0 bridgehead atoms. The summed E-state index contributed by atoms with van der Waals surface area (Å²) >= 11 is 0. The number of rotatable bonds is 5. The first-order chi connectivity index (χ1) is 10.7. The van der Waals surface area contributed by atoms with Gasteiger partial charge in [-0.15, -0.1) is 0 Å². The lowest BCUT2D eigenvalue weighted by atomic mass is 10.1. The molecule has 1 aromatic carbocycles. The molecule has 5 nitrogen and oxygen atoms in total. The van der Waals surface area contributed by atoms with E-state index in [4.69, 9.17) is 9.63 Å². The Morgan fingerprint density at radius 3 is 2.14 bits per heavy atom. The van der Waals surface area contributed by atoms with Crippen LogP contribution < -0.4 is 0 Å². The topological polar surface area (TPSA) is 52.7 Å². The normalized spacial score (nSPS) is 17.0. The smallest absolute Gasteiger partial charge is 0.133 e. The summed E-state index contributed by atoms with van der Waals surface area (Å²) in [6.07, 6.45) is 0. The highest BCUT2D eigenvalue weighted by Gasteiger charge is 2.18. The maximum Gasteiger partial charge on any atom is 0.133 e. The Kier molecular flexibility index (Phi) is 4.87. The molecule has 1 aliphatic heterocycles. The lowest BCUT2D eigenvalue weighted by molar-refractivity contribution is 0.120. The zero-order valence-corrected chi connectivity index (χ0v) is 13.0. The third-order valence-corrected chi connectivity index (χ3v) is 4.14. The Balaban J connectivity index is 1.46. The zero-order valence-electron chi connectivity index (χ0n) is 13.0. The highest BCUT2D eigenvalue weighted by molar-refractivity contribution is 5.21. The van der Waals surface area contributed by atoms with Crippen LogP contribution >= 0.6 is 0 Å². The number of piperazine rings is 1. The quantitative estimate of drug-likeness (QED) is 0.912. The van der Waals surface area contributed by atoms with Gasteiger partial charge in [0.15, 0.2) is 0 Å². The third-order valence-electron chi connectivity index (χ3n) is 4.14. The van der Waals surface area contributed by atoms with Gasteiger partial charge in [0.1, 0.15) is 5.76 Å². The Bertz CT molecular complexity index is 586. The van der Waals surface area contributed by atoms with E-state index in [0.717, 1.165) is 56.3 Å². The molecular weight excluding hydrogens is 278 g/mol. The minimum Gasteiger partial charge on any atom is -0.392 e. The Morgan fingerprint density at radius 1 is 1.00 bits per heavy atom. The lowest BCUT2D eigenvalue weighted by Gasteiger charge is -2.34. The Labute approximate surface area is 131 Å². The zero-order chi connectivity index (χ0) is 15.4. The fraction of sp³-hybridized carbons (Fsp3) is 0.471. The summed E-state index contributed by atoms with van der Waals surface area (Å²) in [4.78, 5) is 4.89. The van der Waals surface area contributed by atoms with E-state index in [1.54, 1.807) is 0 Å². The summed E-state index contributed by atoms with van der Waals surface area (Å²) in [7, 11) is 0. The molecular formula is C17H23N3O2. The molecule has 0 unspecified atom stereocenters. The maximum absolute atomic E-state index is 9.07. The van der Waals surface area contributed by atoms with Crippen LogP contribution in [0, 0.1) is 6.92 Å². The van der Waals surface area contributed by atoms with E-state index in [2.05, 4.69) is 27.1 Å². The summed E-state index contributed by atoms with van der Waals surface area (Å²) in [5, 5.41) is 13.1. The van der Waals surface area contributed by atoms with Crippen LogP contribution in [0.4, 0.5) is 0 Å². The predicted octanol–water partition coefficient (Wildman–Crippen LogP) is 1.79. The van der Waals surface area contributed by atoms with Crippen molar-refractivity contribution < 1.29 is 9.63 Å². The number of aliphatic hydroxyl groups excluding tert-OH is 1. The van der Waals surface area contributed by atoms with Crippen molar-refractivity contribution in [2.45, 2.75) is 26.6 Å². The molecule has 5 heteroatoms. The molecule has 118 valence electrons. The Hall–Kier alpha value is -1.69. The van der Waals surface area contributed by atoms with Crippen molar-refractivity contribution in [1.82, 2.24) is 15.0 Å². The van der Waals surface area contributed by atoms with Gasteiger partial charge in [0, 0.05) is 45.3 Å². The van der Waals surface area contributed by atoms with Gasteiger partial charge in [-0.2, -0.15) is 0 Å². The minimum absolute atomic E-state index is 0.112. The van der Waals surface area contributed by atoms with Crippen molar-refractivity contribution in [2.24, 2.45) is 0 Å². The number of nitrogens with zero attached hydrogens (tertiary/aromatic N) is 3. The molecule has 0 atom stereocenters. The molecule has 0 amide bonds. The molecule has 0 saturated carbocycles. The van der Waals surface area contributed by atoms with Crippen LogP contribution in [-0.2, 0) is 19.7 Å². The SMILES string of the molecule is Cc1cc(CN2CCN(Cc3ccc(CO)cc3)CC2)no1. The van der Waals surface area contributed by atoms with Gasteiger partial charge in [-0.05, 0) is 18.1 Å². The first-order valence-corrected chi connectivity index (χ1v) is 7.78. The molecule has 1 N–H and O–H groups in total. The van der Waals surface area contributed by atoms with Gasteiger partial charge >= 0.3 is 0 Å². The van der Waals surface area contributed by atoms with Gasteiger partial charge in [0.05, 0.1) is 12.3 Å². The molecule has 0 radical (unpaired) electrons. The lowest BCUT2D eigenvalue weighted by Crippen LogP contribution is -2.45. The molecule has 0 aliphatic carbocycles. The van der Waals surface area contributed by atoms with E-state index in [0.29, 0.717) is 0 Å². The second-order valence-corrected chi connectivity index (χ2v) is 5.96. The van der Waals surface area contributed by atoms with Crippen molar-refractivity contribution in [3.05, 3.63) is 52.9 Å². The highest BCUT2D eigenvalue weighted by Crippen LogP contribution is 2.12. The van der Waals surface area contributed by atoms with Gasteiger partial charge in [0.25, 0.3) is 0 Å². The minimum atomic E-state index is 0.112. The third kappa shape index (κ3) is 3.94. The van der Waals surface area contributed by atoms with Crippen molar-refractivity contribution in [1.29, 1.82) is 0 Å². The molecule has 22 heavy (non-hydrogen) atoms. The first kappa shape index (κ1) is 15.2. The summed E-state index contributed by atoms with van der Waals surface area (Å²) in [6, 6.07) is 10.2. The van der Waals surface area contributed by atoms with E-state index in [1.807, 2.05) is 25.1 Å². The van der Waals surface area contributed by atoms with Gasteiger partial charge in [-0.3, -0.25) is 9.80 Å². The number of hydrogen-bond acceptors (Lipinski definition) is 5. The standard InChI is InChI=1S/C17H23N3O2/c1-14-10-17(18-22-14)12-20-8-6-19(7-9-20)11-15-2-4-16(13-21)5-3-15/h2-5,10,21H,6-9,11-13H2,1H3. The second kappa shape index (κ2) is 7.05. The van der Waals surface area contributed by atoms with Crippen molar-refractivity contribution >= 4 is 0 Å². The van der Waals surface area contributed by atoms with Crippen LogP contribution in [0.5, 0.6) is 0 Å². The molecule has 1 fully saturated rings. The van der Waals surface area contributed by atoms with E-state index in [1.165, 1.54) is 5.56 Å². The first-order valence-electron chi connectivity index (χ1n) is 7.78. The average Bonchev–Trinajstić information content (AvgIpc) is 2.95. The van der Waals surface area contributed by atoms with E-state index >= 15 is 0 Å². The van der Waals surface area contributed by atoms with Crippen LogP contribution in [0.15, 0.2) is 34.9 Å². The van der Waals surface area contributed by atoms with Gasteiger partial charge in [-0.1, -0.05) is 29.4 Å². The van der Waals surface area contributed by atoms with Crippen molar-refractivity contribution in [2.75, 3.05) is 26.2 Å². The van der Waals surface area contributed by atoms with Gasteiger partial charge in [0.2, 0.25) is 0 Å². The Morgan fingerprint density at radius 2 is 1.59 bits per heavy atom. The molecule has 1 aromatic heterocycles. The predicted molar refractivity (Wildman–Crippen MR) is 84.2 cm³/mol. The van der Waals surface area contributed by atoms with Crippen molar-refractivity contribution in [3.8, 4) is 0 Å². The summed E-state index contributed by atoms with van der Waals surface area (Å²) in [5.41, 5.74) is 3.29. The fourth-order valence-corrected chi connectivity index (χ4v) is 2.84. The van der Waals surface area contributed by atoms with E-state index in [9.17, 15) is 0 Å². The largest absolute Gasteiger partial charge is 0.392 e. The summed E-state index contributed by atoms with van der Waals surface area (Å²) in [6.45, 7) is 8.13. The molecule has 2 heterocycles. The molecule has 1 aliphatic rings. The molecule has 1 saturated heterocycles. The van der Waals surface area contributed by atoms with Crippen LogP contribution in [-0.4, -0.2) is 46.2 Å². The number of aromatic nitrogens is 1. The van der Waals surface area contributed by atoms with Crippen LogP contribution in [0.2, 0.25) is 0 Å². The number of aryl methyl sites for hydroxylation is 1. The molecule has 3 rings (SSSR count). The molecule has 0 spiro atoms. The highest BCUT2D eigenvalue weighted by atomic mass is 16.5. The van der Waals surface area contributed by atoms with Crippen LogP contribution in [0.3, 0.4) is 0 Å². The monoisotopic (exact) mass is 301 g/mol. The summed E-state index contributed by atoms with van der Waals surface area (Å²) < 4.78 is 5.12. The van der Waals surface area contributed by atoms with Crippen LogP contribution in [0.1, 0.15) is 22.6 Å². The van der Waals surface area contributed by atoms with Crippen molar-refractivity contribution in [3.63, 3.8) is 0 Å². The molecule has 2 aromatic rings. The summed E-state index contributed by atoms with van der Waals surface area (Å²) in [5.74, 6) is 0.875. The van der Waals surface area contributed by atoms with Gasteiger partial charge in [-0.25, -0.2) is 0 Å². The average molecular weight is 301 g/mol. The maximum atomic E-state index is 9.07.